The fraction of sp³-hybridized carbons (Fsp3) is 0.375. The highest BCUT2D eigenvalue weighted by atomic mass is 16.6. The molecule has 4 rings (SSSR count). The molecule has 0 aliphatic heterocycles. The van der Waals surface area contributed by atoms with E-state index in [2.05, 4.69) is 16.0 Å². The Balaban J connectivity index is 1.62. The van der Waals surface area contributed by atoms with Crippen molar-refractivity contribution in [2.75, 3.05) is 36.3 Å². The van der Waals surface area contributed by atoms with Gasteiger partial charge in [0, 0.05) is 30.4 Å². The third-order valence-corrected chi connectivity index (χ3v) is 6.00. The van der Waals surface area contributed by atoms with E-state index < -0.39 is 17.1 Å². The quantitative estimate of drug-likeness (QED) is 0.123. The number of nitrogens with one attached hydrogen (secondary N) is 3. The van der Waals surface area contributed by atoms with Gasteiger partial charge in [-0.15, -0.1) is 0 Å². The van der Waals surface area contributed by atoms with Crippen molar-refractivity contribution in [1.29, 1.82) is 0 Å². The van der Waals surface area contributed by atoms with Gasteiger partial charge in [0.05, 0.1) is 17.4 Å². The van der Waals surface area contributed by atoms with Gasteiger partial charge in [0.15, 0.2) is 6.73 Å². The Kier molecular flexibility index (Phi) is 9.94. The van der Waals surface area contributed by atoms with E-state index in [-0.39, 0.29) is 12.7 Å². The van der Waals surface area contributed by atoms with Gasteiger partial charge in [-0.1, -0.05) is 6.07 Å². The van der Waals surface area contributed by atoms with Crippen molar-refractivity contribution >= 4 is 51.9 Å². The molecule has 4 aromatic rings. The van der Waals surface area contributed by atoms with Crippen LogP contribution in [-0.2, 0) is 25.7 Å². The topological polar surface area (TPSA) is 138 Å². The normalized spacial score (nSPS) is 11.6. The standard InChI is InChI=1S/C32H40N6O6/c1-31(2,3)28(39)43-20-38-16-15-25-26(33-22-9-8-10-23(19-22)35-30(40)44-32(4,5)6)36-29(37-27(25)38)34-21-11-13-24(14-12-21)42-18-17-41-7/h8-16,19H,17-18,20H2,1-7H3,(H,35,40)(H2,33,34,36,37). The van der Waals surface area contributed by atoms with Crippen LogP contribution in [0.5, 0.6) is 5.75 Å². The molecule has 0 spiro atoms. The van der Waals surface area contributed by atoms with Crippen LogP contribution in [0.1, 0.15) is 41.5 Å². The molecule has 0 radical (unpaired) electrons. The lowest BCUT2D eigenvalue weighted by atomic mass is 9.98. The Morgan fingerprint density at radius 3 is 2.27 bits per heavy atom. The van der Waals surface area contributed by atoms with Crippen molar-refractivity contribution in [3.8, 4) is 5.75 Å². The maximum atomic E-state index is 12.5. The lowest BCUT2D eigenvalue weighted by Crippen LogP contribution is -2.27. The number of carbonyl (C=O) groups excluding carboxylic acids is 2. The maximum Gasteiger partial charge on any atom is 0.412 e. The molecule has 0 atom stereocenters. The molecule has 0 saturated carbocycles. The van der Waals surface area contributed by atoms with E-state index in [0.717, 1.165) is 5.69 Å². The summed E-state index contributed by atoms with van der Waals surface area (Å²) in [5, 5.41) is 10.0. The monoisotopic (exact) mass is 604 g/mol. The van der Waals surface area contributed by atoms with E-state index in [9.17, 15) is 9.59 Å². The van der Waals surface area contributed by atoms with Crippen molar-refractivity contribution < 1.29 is 28.5 Å². The Bertz CT molecular complexity index is 1590. The van der Waals surface area contributed by atoms with Crippen LogP contribution in [0, 0.1) is 5.41 Å². The number of carbonyl (C=O) groups is 2. The van der Waals surface area contributed by atoms with Gasteiger partial charge in [-0.05, 0) is 90.1 Å². The second kappa shape index (κ2) is 13.6. The molecule has 12 nitrogen and oxygen atoms in total. The van der Waals surface area contributed by atoms with Crippen LogP contribution in [0.3, 0.4) is 0 Å². The zero-order chi connectivity index (χ0) is 31.9. The summed E-state index contributed by atoms with van der Waals surface area (Å²) in [6.45, 7) is 11.7. The number of aromatic nitrogens is 3. The van der Waals surface area contributed by atoms with Crippen molar-refractivity contribution in [2.24, 2.45) is 5.41 Å². The van der Waals surface area contributed by atoms with Crippen LogP contribution in [0.25, 0.3) is 11.0 Å². The SMILES string of the molecule is COCCOc1ccc(Nc2nc(Nc3cccc(NC(=O)OC(C)(C)C)c3)c3ccn(COC(=O)C(C)(C)C)c3n2)cc1. The van der Waals surface area contributed by atoms with E-state index in [4.69, 9.17) is 28.9 Å². The smallest absolute Gasteiger partial charge is 0.412 e. The van der Waals surface area contributed by atoms with Crippen molar-refractivity contribution in [3.05, 3.63) is 60.8 Å². The first-order valence-corrected chi connectivity index (χ1v) is 14.2. The molecular formula is C32H40N6O6. The van der Waals surface area contributed by atoms with Crippen molar-refractivity contribution in [2.45, 2.75) is 53.9 Å². The molecule has 44 heavy (non-hydrogen) atoms. The molecule has 1 amide bonds. The summed E-state index contributed by atoms with van der Waals surface area (Å²) < 4.78 is 23.4. The number of rotatable bonds is 11. The highest BCUT2D eigenvalue weighted by Crippen LogP contribution is 2.29. The van der Waals surface area contributed by atoms with E-state index in [1.165, 1.54) is 0 Å². The van der Waals surface area contributed by atoms with E-state index in [1.54, 1.807) is 77.6 Å². The van der Waals surface area contributed by atoms with Gasteiger partial charge < -0.3 is 29.6 Å². The highest BCUT2D eigenvalue weighted by molar-refractivity contribution is 5.92. The molecule has 0 aliphatic rings. The van der Waals surface area contributed by atoms with Crippen LogP contribution in [0.2, 0.25) is 0 Å². The van der Waals surface area contributed by atoms with Gasteiger partial charge in [-0.3, -0.25) is 14.7 Å². The summed E-state index contributed by atoms with van der Waals surface area (Å²) in [6.07, 6.45) is 1.24. The van der Waals surface area contributed by atoms with Crippen LogP contribution < -0.4 is 20.7 Å². The summed E-state index contributed by atoms with van der Waals surface area (Å²) in [5.41, 5.74) is 1.25. The minimum atomic E-state index is -0.644. The number of amides is 1. The molecule has 0 unspecified atom stereocenters. The summed E-state index contributed by atoms with van der Waals surface area (Å²) in [5.74, 6) is 1.21. The second-order valence-corrected chi connectivity index (χ2v) is 12.1. The van der Waals surface area contributed by atoms with Crippen LogP contribution in [0.15, 0.2) is 60.8 Å². The van der Waals surface area contributed by atoms with Gasteiger partial charge in [0.1, 0.15) is 29.4 Å². The van der Waals surface area contributed by atoms with Gasteiger partial charge in [-0.2, -0.15) is 9.97 Å². The maximum absolute atomic E-state index is 12.5. The average Bonchev–Trinajstić information content (AvgIpc) is 3.34. The van der Waals surface area contributed by atoms with E-state index >= 15 is 0 Å². The van der Waals surface area contributed by atoms with Crippen LogP contribution in [0.4, 0.5) is 33.6 Å². The van der Waals surface area contributed by atoms with Gasteiger partial charge in [0.2, 0.25) is 5.95 Å². The summed E-state index contributed by atoms with van der Waals surface area (Å²) >= 11 is 0. The number of ether oxygens (including phenoxy) is 4. The number of hydrogen-bond donors (Lipinski definition) is 3. The molecule has 0 aliphatic carbocycles. The molecule has 2 aromatic carbocycles. The number of nitrogens with zero attached hydrogens (tertiary/aromatic N) is 3. The molecule has 0 fully saturated rings. The first kappa shape index (κ1) is 32.1. The molecule has 3 N–H and O–H groups in total. The predicted octanol–water partition coefficient (Wildman–Crippen LogP) is 6.84. The predicted molar refractivity (Wildman–Crippen MR) is 170 cm³/mol. The number of benzene rings is 2. The number of hydrogen-bond acceptors (Lipinski definition) is 10. The van der Waals surface area contributed by atoms with Gasteiger partial charge in [-0.25, -0.2) is 4.79 Å². The number of esters is 1. The van der Waals surface area contributed by atoms with Gasteiger partial charge >= 0.3 is 12.1 Å². The fourth-order valence-electron chi connectivity index (χ4n) is 3.90. The Morgan fingerprint density at radius 2 is 1.59 bits per heavy atom. The lowest BCUT2D eigenvalue weighted by molar-refractivity contribution is -0.156. The van der Waals surface area contributed by atoms with E-state index in [1.807, 2.05) is 36.4 Å². The van der Waals surface area contributed by atoms with Crippen LogP contribution in [-0.4, -0.2) is 52.5 Å². The molecule has 0 bridgehead atoms. The third-order valence-electron chi connectivity index (χ3n) is 6.00. The highest BCUT2D eigenvalue weighted by Gasteiger charge is 2.23. The lowest BCUT2D eigenvalue weighted by Gasteiger charge is -2.20. The third kappa shape index (κ3) is 9.08. The minimum Gasteiger partial charge on any atom is -0.491 e. The summed E-state index contributed by atoms with van der Waals surface area (Å²) in [7, 11) is 1.62. The molecule has 2 aromatic heterocycles. The molecule has 234 valence electrons. The number of methoxy groups -OCH3 is 1. The first-order valence-electron chi connectivity index (χ1n) is 14.2. The van der Waals surface area contributed by atoms with Gasteiger partial charge in [0.25, 0.3) is 0 Å². The molecule has 12 heteroatoms. The Morgan fingerprint density at radius 1 is 0.864 bits per heavy atom. The number of anilines is 5. The molecule has 2 heterocycles. The minimum absolute atomic E-state index is 0.0156. The van der Waals surface area contributed by atoms with E-state index in [0.29, 0.717) is 53.1 Å². The summed E-state index contributed by atoms with van der Waals surface area (Å²) in [6, 6.07) is 16.4. The van der Waals surface area contributed by atoms with Crippen LogP contribution >= 0.6 is 0 Å². The Labute approximate surface area is 257 Å². The largest absolute Gasteiger partial charge is 0.491 e. The molecule has 0 saturated heterocycles. The first-order chi connectivity index (χ1) is 20.8. The number of fused-ring (bicyclic) bond motifs is 1. The fourth-order valence-corrected chi connectivity index (χ4v) is 3.90. The Hall–Kier alpha value is -4.84. The zero-order valence-corrected chi connectivity index (χ0v) is 26.2. The second-order valence-electron chi connectivity index (χ2n) is 12.1. The summed E-state index contributed by atoms with van der Waals surface area (Å²) in [4.78, 5) is 34.3. The van der Waals surface area contributed by atoms with Crippen molar-refractivity contribution in [3.63, 3.8) is 0 Å². The molecular weight excluding hydrogens is 564 g/mol. The van der Waals surface area contributed by atoms with Crippen molar-refractivity contribution in [1.82, 2.24) is 14.5 Å². The average molecular weight is 605 g/mol. The zero-order valence-electron chi connectivity index (χ0n) is 26.2.